The average Bonchev–Trinajstić information content (AvgIpc) is 3.22. The van der Waals surface area contributed by atoms with Gasteiger partial charge in [-0.2, -0.15) is 0 Å². The number of benzene rings is 2. The van der Waals surface area contributed by atoms with E-state index >= 15 is 0 Å². The van der Waals surface area contributed by atoms with Gasteiger partial charge in [-0.25, -0.2) is 0 Å². The fourth-order valence-electron chi connectivity index (χ4n) is 2.40. The minimum absolute atomic E-state index is 0.228. The maximum Gasteiger partial charge on any atom is 0.291 e. The van der Waals surface area contributed by atoms with Gasteiger partial charge in [-0.3, -0.25) is 9.59 Å². The number of carbonyl (C=O) groups is 2. The summed E-state index contributed by atoms with van der Waals surface area (Å²) >= 11 is 11.8. The first kappa shape index (κ1) is 19.7. The van der Waals surface area contributed by atoms with Gasteiger partial charge in [-0.1, -0.05) is 41.4 Å². The molecule has 142 valence electrons. The van der Waals surface area contributed by atoms with E-state index in [1.807, 2.05) is 6.07 Å². The van der Waals surface area contributed by atoms with Crippen molar-refractivity contribution >= 4 is 46.8 Å². The second-order valence-corrected chi connectivity index (χ2v) is 6.67. The minimum atomic E-state index is -0.337. The summed E-state index contributed by atoms with van der Waals surface area (Å²) in [6.07, 6.45) is 4.51. The second-order valence-electron chi connectivity index (χ2n) is 5.86. The predicted molar refractivity (Wildman–Crippen MR) is 110 cm³/mol. The third-order valence-corrected chi connectivity index (χ3v) is 4.51. The van der Waals surface area contributed by atoms with Crippen molar-refractivity contribution in [2.75, 3.05) is 5.32 Å². The normalized spacial score (nSPS) is 10.8. The van der Waals surface area contributed by atoms with E-state index in [1.165, 1.54) is 12.3 Å². The Morgan fingerprint density at radius 2 is 1.86 bits per heavy atom. The molecule has 0 aliphatic rings. The Bertz CT molecular complexity index is 1010. The van der Waals surface area contributed by atoms with E-state index in [-0.39, 0.29) is 17.6 Å². The molecule has 0 saturated carbocycles. The van der Waals surface area contributed by atoms with E-state index in [0.29, 0.717) is 22.3 Å². The Balaban J connectivity index is 1.55. The second kappa shape index (κ2) is 9.26. The first-order chi connectivity index (χ1) is 13.5. The van der Waals surface area contributed by atoms with Crippen LogP contribution in [0, 0.1) is 0 Å². The third kappa shape index (κ3) is 5.49. The number of halogens is 2. The van der Waals surface area contributed by atoms with E-state index in [4.69, 9.17) is 27.6 Å². The van der Waals surface area contributed by atoms with Gasteiger partial charge in [0.25, 0.3) is 5.91 Å². The van der Waals surface area contributed by atoms with E-state index in [9.17, 15) is 9.59 Å². The maximum atomic E-state index is 12.0. The monoisotopic (exact) mass is 414 g/mol. The van der Waals surface area contributed by atoms with Crippen LogP contribution in [0.4, 0.5) is 5.69 Å². The number of hydrogen-bond acceptors (Lipinski definition) is 3. The lowest BCUT2D eigenvalue weighted by Gasteiger charge is -2.07. The van der Waals surface area contributed by atoms with Gasteiger partial charge < -0.3 is 15.1 Å². The first-order valence-corrected chi connectivity index (χ1v) is 9.11. The fraction of sp³-hybridized carbons (Fsp3) is 0.0476. The molecule has 2 amide bonds. The largest absolute Gasteiger partial charge is 0.459 e. The Hall–Kier alpha value is -3.02. The Kier molecular flexibility index (Phi) is 6.53. The molecule has 5 nitrogen and oxygen atoms in total. The van der Waals surface area contributed by atoms with Crippen LogP contribution >= 0.6 is 23.2 Å². The van der Waals surface area contributed by atoms with Gasteiger partial charge in [0, 0.05) is 18.3 Å². The van der Waals surface area contributed by atoms with Gasteiger partial charge in [-0.15, -0.1) is 0 Å². The van der Waals surface area contributed by atoms with Crippen LogP contribution in [0.3, 0.4) is 0 Å². The molecule has 0 spiro atoms. The van der Waals surface area contributed by atoms with E-state index in [0.717, 1.165) is 11.1 Å². The molecule has 28 heavy (non-hydrogen) atoms. The van der Waals surface area contributed by atoms with Crippen LogP contribution in [0.1, 0.15) is 21.7 Å². The van der Waals surface area contributed by atoms with Crippen LogP contribution in [0.2, 0.25) is 10.0 Å². The summed E-state index contributed by atoms with van der Waals surface area (Å²) in [5.74, 6) is -0.363. The van der Waals surface area contributed by atoms with Gasteiger partial charge in [-0.05, 0) is 53.6 Å². The molecule has 2 aromatic carbocycles. The zero-order valence-corrected chi connectivity index (χ0v) is 16.1. The molecule has 2 N–H and O–H groups in total. The van der Waals surface area contributed by atoms with Crippen molar-refractivity contribution in [3.8, 4) is 0 Å². The Labute approximate surface area is 172 Å². The highest BCUT2D eigenvalue weighted by Gasteiger charge is 2.09. The van der Waals surface area contributed by atoms with E-state index < -0.39 is 0 Å². The van der Waals surface area contributed by atoms with Crippen molar-refractivity contribution in [2.24, 2.45) is 0 Å². The summed E-state index contributed by atoms with van der Waals surface area (Å²) in [5.41, 5.74) is 2.22. The first-order valence-electron chi connectivity index (χ1n) is 8.36. The van der Waals surface area contributed by atoms with Crippen molar-refractivity contribution < 1.29 is 14.0 Å². The minimum Gasteiger partial charge on any atom is -0.459 e. The summed E-state index contributed by atoms with van der Waals surface area (Å²) in [6.45, 7) is 0.314. The van der Waals surface area contributed by atoms with Crippen LogP contribution in [0.25, 0.3) is 6.08 Å². The summed E-state index contributed by atoms with van der Waals surface area (Å²) in [6, 6.07) is 15.5. The summed E-state index contributed by atoms with van der Waals surface area (Å²) in [4.78, 5) is 24.0. The number of rotatable bonds is 6. The molecule has 0 atom stereocenters. The molecule has 1 heterocycles. The summed E-state index contributed by atoms with van der Waals surface area (Å²) in [7, 11) is 0. The van der Waals surface area contributed by atoms with Crippen LogP contribution in [0.5, 0.6) is 0 Å². The maximum absolute atomic E-state index is 12.0. The molecule has 0 saturated heterocycles. The number of amides is 2. The number of furan rings is 1. The zero-order chi connectivity index (χ0) is 19.9. The summed E-state index contributed by atoms with van der Waals surface area (Å²) < 4.78 is 5.06. The van der Waals surface area contributed by atoms with Crippen molar-refractivity contribution in [1.29, 1.82) is 0 Å². The Morgan fingerprint density at radius 1 is 1.00 bits per heavy atom. The van der Waals surface area contributed by atoms with Gasteiger partial charge >= 0.3 is 0 Å². The molecule has 0 aliphatic carbocycles. The lowest BCUT2D eigenvalue weighted by Crippen LogP contribution is -2.20. The van der Waals surface area contributed by atoms with Gasteiger partial charge in [0.15, 0.2) is 5.76 Å². The molecule has 3 aromatic rings. The van der Waals surface area contributed by atoms with Gasteiger partial charge in [0.2, 0.25) is 5.91 Å². The molecular formula is C21H16Cl2N2O3. The third-order valence-electron chi connectivity index (χ3n) is 3.77. The number of nitrogens with one attached hydrogen (secondary N) is 2. The van der Waals surface area contributed by atoms with Crippen molar-refractivity contribution in [3.05, 3.63) is 93.9 Å². The molecule has 0 aliphatic heterocycles. The highest BCUT2D eigenvalue weighted by Crippen LogP contribution is 2.23. The van der Waals surface area contributed by atoms with Gasteiger partial charge in [0.1, 0.15) is 0 Å². The Morgan fingerprint density at radius 3 is 2.61 bits per heavy atom. The van der Waals surface area contributed by atoms with E-state index in [2.05, 4.69) is 10.6 Å². The molecule has 0 unspecified atom stereocenters. The lowest BCUT2D eigenvalue weighted by atomic mass is 10.2. The molecule has 0 bridgehead atoms. The number of carbonyl (C=O) groups excluding carboxylic acids is 2. The highest BCUT2D eigenvalue weighted by atomic mass is 35.5. The van der Waals surface area contributed by atoms with Crippen molar-refractivity contribution in [2.45, 2.75) is 6.54 Å². The van der Waals surface area contributed by atoms with Crippen molar-refractivity contribution in [3.63, 3.8) is 0 Å². The smallest absolute Gasteiger partial charge is 0.291 e. The quantitative estimate of drug-likeness (QED) is 0.546. The fourth-order valence-corrected chi connectivity index (χ4v) is 2.70. The van der Waals surface area contributed by atoms with Crippen LogP contribution in [0.15, 0.2) is 71.4 Å². The topological polar surface area (TPSA) is 71.3 Å². The van der Waals surface area contributed by atoms with Crippen LogP contribution in [-0.2, 0) is 11.3 Å². The van der Waals surface area contributed by atoms with Gasteiger partial charge in [0.05, 0.1) is 16.3 Å². The van der Waals surface area contributed by atoms with Crippen LogP contribution in [-0.4, -0.2) is 11.8 Å². The lowest BCUT2D eigenvalue weighted by molar-refractivity contribution is -0.116. The molecule has 0 fully saturated rings. The molecule has 7 heteroatoms. The molecule has 1 aromatic heterocycles. The average molecular weight is 415 g/mol. The van der Waals surface area contributed by atoms with Crippen LogP contribution < -0.4 is 10.6 Å². The SMILES string of the molecule is O=C(/C=C/c1ccc(Cl)c(Cl)c1)NCc1cccc(NC(=O)c2ccco2)c1. The predicted octanol–water partition coefficient (Wildman–Crippen LogP) is 5.17. The van der Waals surface area contributed by atoms with Crippen molar-refractivity contribution in [1.82, 2.24) is 5.32 Å². The number of hydrogen-bond donors (Lipinski definition) is 2. The summed E-state index contributed by atoms with van der Waals surface area (Å²) in [5, 5.41) is 6.42. The number of anilines is 1. The zero-order valence-electron chi connectivity index (χ0n) is 14.6. The standard InChI is InChI=1S/C21H16Cl2N2O3/c22-17-8-6-14(12-18(17)23)7-9-20(26)24-13-15-3-1-4-16(11-15)25-21(27)19-5-2-10-28-19/h1-12H,13H2,(H,24,26)(H,25,27)/b9-7+. The highest BCUT2D eigenvalue weighted by molar-refractivity contribution is 6.42. The molecular weight excluding hydrogens is 399 g/mol. The molecule has 0 radical (unpaired) electrons. The van der Waals surface area contributed by atoms with E-state index in [1.54, 1.807) is 54.6 Å². The molecule has 3 rings (SSSR count).